The third-order valence-corrected chi connectivity index (χ3v) is 3.56. The van der Waals surface area contributed by atoms with Crippen LogP contribution in [0, 0.1) is 0 Å². The van der Waals surface area contributed by atoms with Crippen molar-refractivity contribution < 1.29 is 18.7 Å². The molecule has 0 aliphatic rings. The molecule has 0 N–H and O–H groups in total. The van der Waals surface area contributed by atoms with Gasteiger partial charge in [0.15, 0.2) is 5.43 Å². The van der Waals surface area contributed by atoms with Gasteiger partial charge in [-0.2, -0.15) is 0 Å². The zero-order valence-corrected chi connectivity index (χ0v) is 14.6. The molecular weight excluding hydrogens is 334 g/mol. The number of benzene rings is 1. The summed E-state index contributed by atoms with van der Waals surface area (Å²) < 4.78 is 15.7. The standard InChI is InChI=1S/C17H18ClNO5/c1-5-10-9-23-13-7-14(12(18)6-11(13)16(10)20)24-15(8-19(2)3)17(21)22-4/h6-9H,5H2,1-4H3/b15-8-. The van der Waals surface area contributed by atoms with Crippen molar-refractivity contribution in [3.63, 3.8) is 0 Å². The Hall–Kier alpha value is -2.47. The molecule has 0 bridgehead atoms. The molecule has 0 saturated heterocycles. The lowest BCUT2D eigenvalue weighted by molar-refractivity contribution is -0.138. The van der Waals surface area contributed by atoms with Gasteiger partial charge >= 0.3 is 5.97 Å². The van der Waals surface area contributed by atoms with Crippen LogP contribution in [0.4, 0.5) is 0 Å². The summed E-state index contributed by atoms with van der Waals surface area (Å²) in [4.78, 5) is 25.7. The number of fused-ring (bicyclic) bond motifs is 1. The van der Waals surface area contributed by atoms with E-state index in [0.29, 0.717) is 23.0 Å². The van der Waals surface area contributed by atoms with Crippen molar-refractivity contribution >= 4 is 28.5 Å². The van der Waals surface area contributed by atoms with E-state index in [4.69, 9.17) is 20.8 Å². The molecule has 0 spiro atoms. The first-order valence-corrected chi connectivity index (χ1v) is 7.63. The Kier molecular flexibility index (Phi) is 5.51. The molecule has 0 amide bonds. The molecule has 1 aromatic carbocycles. The van der Waals surface area contributed by atoms with Crippen molar-refractivity contribution in [2.75, 3.05) is 21.2 Å². The predicted octanol–water partition coefficient (Wildman–Crippen LogP) is 2.96. The van der Waals surface area contributed by atoms with Crippen molar-refractivity contribution in [2.45, 2.75) is 13.3 Å². The molecule has 24 heavy (non-hydrogen) atoms. The van der Waals surface area contributed by atoms with E-state index in [-0.39, 0.29) is 22.0 Å². The Bertz CT molecular complexity index is 854. The fourth-order valence-corrected chi connectivity index (χ4v) is 2.27. The maximum atomic E-state index is 12.3. The highest BCUT2D eigenvalue weighted by Gasteiger charge is 2.17. The van der Waals surface area contributed by atoms with E-state index in [0.717, 1.165) is 0 Å². The summed E-state index contributed by atoms with van der Waals surface area (Å²) in [5, 5.41) is 0.555. The maximum absolute atomic E-state index is 12.3. The Morgan fingerprint density at radius 3 is 2.67 bits per heavy atom. The van der Waals surface area contributed by atoms with E-state index >= 15 is 0 Å². The van der Waals surface area contributed by atoms with E-state index in [1.807, 2.05) is 6.92 Å². The summed E-state index contributed by atoms with van der Waals surface area (Å²) in [5.41, 5.74) is 0.755. The number of methoxy groups -OCH3 is 1. The van der Waals surface area contributed by atoms with Crippen LogP contribution in [0.25, 0.3) is 11.0 Å². The molecule has 0 fully saturated rings. The molecule has 0 atom stereocenters. The summed E-state index contributed by atoms with van der Waals surface area (Å²) in [6, 6.07) is 2.95. The van der Waals surface area contributed by atoms with Gasteiger partial charge in [0, 0.05) is 31.9 Å². The van der Waals surface area contributed by atoms with Crippen molar-refractivity contribution in [3.05, 3.63) is 51.2 Å². The van der Waals surface area contributed by atoms with Gasteiger partial charge in [-0.25, -0.2) is 4.79 Å². The van der Waals surface area contributed by atoms with Gasteiger partial charge in [0.2, 0.25) is 5.76 Å². The van der Waals surface area contributed by atoms with E-state index in [1.165, 1.54) is 31.7 Å². The number of halogens is 1. The largest absolute Gasteiger partial charge is 0.464 e. The molecule has 2 rings (SSSR count). The molecule has 128 valence electrons. The first-order valence-electron chi connectivity index (χ1n) is 7.25. The molecule has 0 unspecified atom stereocenters. The number of ether oxygens (including phenoxy) is 2. The molecule has 0 radical (unpaired) electrons. The Morgan fingerprint density at radius 2 is 2.08 bits per heavy atom. The lowest BCUT2D eigenvalue weighted by Gasteiger charge is -2.13. The lowest BCUT2D eigenvalue weighted by Crippen LogP contribution is -2.15. The highest BCUT2D eigenvalue weighted by molar-refractivity contribution is 6.32. The maximum Gasteiger partial charge on any atom is 0.375 e. The van der Waals surface area contributed by atoms with Crippen LogP contribution in [0.5, 0.6) is 5.75 Å². The van der Waals surface area contributed by atoms with Gasteiger partial charge in [-0.3, -0.25) is 4.79 Å². The van der Waals surface area contributed by atoms with Crippen LogP contribution in [0.15, 0.2) is 39.6 Å². The second-order valence-corrected chi connectivity index (χ2v) is 5.68. The first kappa shape index (κ1) is 17.9. The average molecular weight is 352 g/mol. The Balaban J connectivity index is 2.51. The Morgan fingerprint density at radius 1 is 1.38 bits per heavy atom. The zero-order valence-electron chi connectivity index (χ0n) is 13.9. The zero-order chi connectivity index (χ0) is 17.9. The van der Waals surface area contributed by atoms with Crippen LogP contribution in [-0.4, -0.2) is 32.1 Å². The van der Waals surface area contributed by atoms with E-state index < -0.39 is 5.97 Å². The summed E-state index contributed by atoms with van der Waals surface area (Å²) >= 11 is 6.20. The van der Waals surface area contributed by atoms with Crippen molar-refractivity contribution in [1.29, 1.82) is 0 Å². The number of hydrogen-bond acceptors (Lipinski definition) is 6. The monoisotopic (exact) mass is 351 g/mol. The van der Waals surface area contributed by atoms with Crippen molar-refractivity contribution in [2.24, 2.45) is 0 Å². The second-order valence-electron chi connectivity index (χ2n) is 5.27. The number of carbonyl (C=O) groups is 1. The van der Waals surface area contributed by atoms with E-state index in [2.05, 4.69) is 4.74 Å². The fraction of sp³-hybridized carbons (Fsp3) is 0.294. The smallest absolute Gasteiger partial charge is 0.375 e. The first-order chi connectivity index (χ1) is 11.4. The molecule has 0 aliphatic carbocycles. The van der Waals surface area contributed by atoms with Gasteiger partial charge in [-0.15, -0.1) is 0 Å². The van der Waals surface area contributed by atoms with Crippen LogP contribution >= 0.6 is 11.6 Å². The highest BCUT2D eigenvalue weighted by Crippen LogP contribution is 2.30. The van der Waals surface area contributed by atoms with Gasteiger partial charge in [0.1, 0.15) is 11.3 Å². The minimum Gasteiger partial charge on any atom is -0.464 e. The highest BCUT2D eigenvalue weighted by atomic mass is 35.5. The van der Waals surface area contributed by atoms with Gasteiger partial charge < -0.3 is 18.8 Å². The fourth-order valence-electron chi connectivity index (χ4n) is 2.07. The molecule has 1 aromatic heterocycles. The van der Waals surface area contributed by atoms with Crippen molar-refractivity contribution in [1.82, 2.24) is 4.90 Å². The average Bonchev–Trinajstić information content (AvgIpc) is 2.55. The molecular formula is C17H18ClNO5. The molecule has 0 saturated carbocycles. The summed E-state index contributed by atoms with van der Waals surface area (Å²) in [7, 11) is 4.72. The number of aryl methyl sites for hydroxylation is 1. The quantitative estimate of drug-likeness (QED) is 0.468. The molecule has 6 nitrogen and oxygen atoms in total. The minimum atomic E-state index is -0.650. The number of esters is 1. The molecule has 0 aliphatic heterocycles. The number of hydrogen-bond donors (Lipinski definition) is 0. The molecule has 7 heteroatoms. The van der Waals surface area contributed by atoms with E-state index in [9.17, 15) is 9.59 Å². The third kappa shape index (κ3) is 3.71. The van der Waals surface area contributed by atoms with Crippen LogP contribution in [0.3, 0.4) is 0 Å². The summed E-state index contributed by atoms with van der Waals surface area (Å²) in [5.74, 6) is -0.506. The van der Waals surface area contributed by atoms with E-state index in [1.54, 1.807) is 19.0 Å². The predicted molar refractivity (Wildman–Crippen MR) is 91.3 cm³/mol. The molecule has 2 aromatic rings. The van der Waals surface area contributed by atoms with Gasteiger partial charge in [-0.1, -0.05) is 18.5 Å². The van der Waals surface area contributed by atoms with Crippen LogP contribution in [0.1, 0.15) is 12.5 Å². The van der Waals surface area contributed by atoms with Gasteiger partial charge in [-0.05, 0) is 12.5 Å². The van der Waals surface area contributed by atoms with Crippen LogP contribution in [0.2, 0.25) is 5.02 Å². The number of carbonyl (C=O) groups excluding carboxylic acids is 1. The van der Waals surface area contributed by atoms with Crippen molar-refractivity contribution in [3.8, 4) is 5.75 Å². The topological polar surface area (TPSA) is 69.0 Å². The molecule has 1 heterocycles. The number of nitrogens with zero attached hydrogens (tertiary/aromatic N) is 1. The Labute approximate surface area is 144 Å². The van der Waals surface area contributed by atoms with Crippen LogP contribution < -0.4 is 10.2 Å². The van der Waals surface area contributed by atoms with Gasteiger partial charge in [0.05, 0.1) is 23.8 Å². The second kappa shape index (κ2) is 7.40. The summed E-state index contributed by atoms with van der Waals surface area (Å²) in [6.45, 7) is 1.87. The number of rotatable bonds is 5. The normalized spacial score (nSPS) is 11.5. The SMILES string of the molecule is CCc1coc2cc(O/C(=C\N(C)C)C(=O)OC)c(Cl)cc2c1=O. The lowest BCUT2D eigenvalue weighted by atomic mass is 10.1. The summed E-state index contributed by atoms with van der Waals surface area (Å²) in [6.07, 6.45) is 3.44. The van der Waals surface area contributed by atoms with Crippen LogP contribution in [-0.2, 0) is 16.0 Å². The third-order valence-electron chi connectivity index (χ3n) is 3.26. The minimum absolute atomic E-state index is 0.0451. The van der Waals surface area contributed by atoms with Gasteiger partial charge in [0.25, 0.3) is 0 Å².